The maximum Gasteiger partial charge on any atom is 0.158 e. The molecule has 1 unspecified atom stereocenters. The maximum absolute atomic E-state index is 5.13. The Hall–Kier alpha value is -1.36. The van der Waals surface area contributed by atoms with Crippen LogP contribution in [0.3, 0.4) is 0 Å². The molecular formula is C14H24N4O. The van der Waals surface area contributed by atoms with Crippen molar-refractivity contribution in [1.82, 2.24) is 9.97 Å². The van der Waals surface area contributed by atoms with Crippen molar-refractivity contribution in [2.45, 2.75) is 26.9 Å². The Morgan fingerprint density at radius 2 is 2.26 bits per heavy atom. The normalized spacial score (nSPS) is 19.2. The molecule has 2 rings (SSSR count). The average molecular weight is 264 g/mol. The SMILES string of the molecule is CNc1cc(N2CCC(C(C)C)C2)nc(COC)n1. The third kappa shape index (κ3) is 3.35. The summed E-state index contributed by atoms with van der Waals surface area (Å²) in [5.74, 6) is 4.09. The number of hydrogen-bond donors (Lipinski definition) is 1. The van der Waals surface area contributed by atoms with Gasteiger partial charge in [0.15, 0.2) is 5.82 Å². The van der Waals surface area contributed by atoms with E-state index in [-0.39, 0.29) is 0 Å². The molecule has 106 valence electrons. The van der Waals surface area contributed by atoms with Crippen molar-refractivity contribution >= 4 is 11.6 Å². The lowest BCUT2D eigenvalue weighted by molar-refractivity contribution is 0.178. The number of nitrogens with one attached hydrogen (secondary N) is 1. The highest BCUT2D eigenvalue weighted by Gasteiger charge is 2.26. The number of anilines is 2. The van der Waals surface area contributed by atoms with Gasteiger partial charge in [-0.15, -0.1) is 0 Å². The highest BCUT2D eigenvalue weighted by Crippen LogP contribution is 2.28. The van der Waals surface area contributed by atoms with Crippen LogP contribution < -0.4 is 10.2 Å². The predicted octanol–water partition coefficient (Wildman–Crippen LogP) is 2.15. The van der Waals surface area contributed by atoms with E-state index in [2.05, 4.69) is 34.0 Å². The van der Waals surface area contributed by atoms with Gasteiger partial charge in [0.25, 0.3) is 0 Å². The summed E-state index contributed by atoms with van der Waals surface area (Å²) in [6.45, 7) is 7.21. The van der Waals surface area contributed by atoms with E-state index in [0.717, 1.165) is 42.4 Å². The molecule has 0 amide bonds. The Morgan fingerprint density at radius 1 is 1.47 bits per heavy atom. The van der Waals surface area contributed by atoms with E-state index in [1.807, 2.05) is 13.1 Å². The van der Waals surface area contributed by atoms with Crippen LogP contribution in [0.1, 0.15) is 26.1 Å². The zero-order chi connectivity index (χ0) is 13.8. The second kappa shape index (κ2) is 6.19. The lowest BCUT2D eigenvalue weighted by atomic mass is 9.95. The van der Waals surface area contributed by atoms with Crippen molar-refractivity contribution in [3.05, 3.63) is 11.9 Å². The van der Waals surface area contributed by atoms with Crippen LogP contribution in [0.15, 0.2) is 6.07 Å². The number of aromatic nitrogens is 2. The third-order valence-corrected chi connectivity index (χ3v) is 3.78. The molecule has 1 fully saturated rings. The van der Waals surface area contributed by atoms with E-state index in [4.69, 9.17) is 4.74 Å². The number of rotatable bonds is 5. The van der Waals surface area contributed by atoms with E-state index < -0.39 is 0 Å². The molecule has 0 saturated carbocycles. The summed E-state index contributed by atoms with van der Waals surface area (Å²) < 4.78 is 5.13. The van der Waals surface area contributed by atoms with Gasteiger partial charge in [-0.25, -0.2) is 9.97 Å². The van der Waals surface area contributed by atoms with Gasteiger partial charge in [-0.1, -0.05) is 13.8 Å². The molecule has 1 saturated heterocycles. The van der Waals surface area contributed by atoms with Crippen LogP contribution in [0.5, 0.6) is 0 Å². The summed E-state index contributed by atoms with van der Waals surface area (Å²) in [7, 11) is 3.54. The average Bonchev–Trinajstić information content (AvgIpc) is 2.88. The molecule has 0 bridgehead atoms. The zero-order valence-corrected chi connectivity index (χ0v) is 12.3. The van der Waals surface area contributed by atoms with Crippen molar-refractivity contribution in [3.8, 4) is 0 Å². The molecule has 1 aromatic heterocycles. The highest BCUT2D eigenvalue weighted by molar-refractivity contribution is 5.49. The Bertz CT molecular complexity index is 422. The fourth-order valence-corrected chi connectivity index (χ4v) is 2.51. The van der Waals surface area contributed by atoms with Crippen LogP contribution in [0.4, 0.5) is 11.6 Å². The quantitative estimate of drug-likeness (QED) is 0.883. The van der Waals surface area contributed by atoms with Crippen molar-refractivity contribution in [3.63, 3.8) is 0 Å². The van der Waals surface area contributed by atoms with Crippen molar-refractivity contribution in [1.29, 1.82) is 0 Å². The Balaban J connectivity index is 2.17. The lowest BCUT2D eigenvalue weighted by Crippen LogP contribution is -2.23. The fraction of sp³-hybridized carbons (Fsp3) is 0.714. The van der Waals surface area contributed by atoms with Gasteiger partial charge in [-0.2, -0.15) is 0 Å². The summed E-state index contributed by atoms with van der Waals surface area (Å²) in [6, 6.07) is 2.02. The van der Waals surface area contributed by atoms with Gasteiger partial charge in [0.1, 0.15) is 18.2 Å². The van der Waals surface area contributed by atoms with Crippen molar-refractivity contribution < 1.29 is 4.74 Å². The number of ether oxygens (including phenoxy) is 1. The van der Waals surface area contributed by atoms with E-state index in [9.17, 15) is 0 Å². The van der Waals surface area contributed by atoms with Gasteiger partial charge < -0.3 is 15.0 Å². The molecule has 1 aromatic rings. The van der Waals surface area contributed by atoms with E-state index in [0.29, 0.717) is 6.61 Å². The zero-order valence-electron chi connectivity index (χ0n) is 12.3. The highest BCUT2D eigenvalue weighted by atomic mass is 16.5. The molecule has 0 radical (unpaired) electrons. The Labute approximate surface area is 115 Å². The van der Waals surface area contributed by atoms with Crippen LogP contribution in [0, 0.1) is 11.8 Å². The summed E-state index contributed by atoms with van der Waals surface area (Å²) in [5.41, 5.74) is 0. The van der Waals surface area contributed by atoms with Gasteiger partial charge in [-0.3, -0.25) is 0 Å². The summed E-state index contributed by atoms with van der Waals surface area (Å²) >= 11 is 0. The first kappa shape index (κ1) is 14.1. The molecule has 1 atom stereocenters. The molecule has 0 aromatic carbocycles. The molecule has 19 heavy (non-hydrogen) atoms. The van der Waals surface area contributed by atoms with Gasteiger partial charge in [0.2, 0.25) is 0 Å². The lowest BCUT2D eigenvalue weighted by Gasteiger charge is -2.20. The molecule has 2 heterocycles. The minimum Gasteiger partial charge on any atom is -0.377 e. The van der Waals surface area contributed by atoms with Gasteiger partial charge in [0.05, 0.1) is 0 Å². The number of methoxy groups -OCH3 is 1. The minimum absolute atomic E-state index is 0.448. The van der Waals surface area contributed by atoms with Crippen molar-refractivity contribution in [2.24, 2.45) is 11.8 Å². The second-order valence-electron chi connectivity index (χ2n) is 5.45. The van der Waals surface area contributed by atoms with E-state index in [1.54, 1.807) is 7.11 Å². The second-order valence-corrected chi connectivity index (χ2v) is 5.45. The fourth-order valence-electron chi connectivity index (χ4n) is 2.51. The smallest absolute Gasteiger partial charge is 0.158 e. The van der Waals surface area contributed by atoms with E-state index >= 15 is 0 Å². The van der Waals surface area contributed by atoms with Gasteiger partial charge in [0, 0.05) is 33.3 Å². The molecule has 1 aliphatic heterocycles. The topological polar surface area (TPSA) is 50.3 Å². The first-order chi connectivity index (χ1) is 9.13. The van der Waals surface area contributed by atoms with Crippen LogP contribution in [-0.4, -0.2) is 37.2 Å². The number of hydrogen-bond acceptors (Lipinski definition) is 5. The summed E-state index contributed by atoms with van der Waals surface area (Å²) in [4.78, 5) is 11.3. The van der Waals surface area contributed by atoms with Crippen LogP contribution in [0.2, 0.25) is 0 Å². The molecule has 0 spiro atoms. The third-order valence-electron chi connectivity index (χ3n) is 3.78. The minimum atomic E-state index is 0.448. The molecule has 1 N–H and O–H groups in total. The molecule has 1 aliphatic rings. The molecule has 0 aliphatic carbocycles. The molecular weight excluding hydrogens is 240 g/mol. The van der Waals surface area contributed by atoms with Gasteiger partial charge >= 0.3 is 0 Å². The predicted molar refractivity (Wildman–Crippen MR) is 77.4 cm³/mol. The van der Waals surface area contributed by atoms with Gasteiger partial charge in [-0.05, 0) is 18.3 Å². The monoisotopic (exact) mass is 264 g/mol. The summed E-state index contributed by atoms with van der Waals surface area (Å²) in [5, 5.41) is 3.09. The van der Waals surface area contributed by atoms with Crippen LogP contribution in [-0.2, 0) is 11.3 Å². The van der Waals surface area contributed by atoms with Crippen LogP contribution >= 0.6 is 0 Å². The largest absolute Gasteiger partial charge is 0.377 e. The first-order valence-corrected chi connectivity index (χ1v) is 6.93. The Morgan fingerprint density at radius 3 is 2.84 bits per heavy atom. The van der Waals surface area contributed by atoms with Crippen LogP contribution in [0.25, 0.3) is 0 Å². The van der Waals surface area contributed by atoms with E-state index in [1.165, 1.54) is 6.42 Å². The van der Waals surface area contributed by atoms with Crippen molar-refractivity contribution in [2.75, 3.05) is 37.5 Å². The first-order valence-electron chi connectivity index (χ1n) is 6.93. The molecule has 5 heteroatoms. The molecule has 5 nitrogen and oxygen atoms in total. The number of nitrogens with zero attached hydrogens (tertiary/aromatic N) is 3. The maximum atomic E-state index is 5.13. The Kier molecular flexibility index (Phi) is 4.58. The standard InChI is InChI=1S/C14H24N4O/c1-10(2)11-5-6-18(8-11)14-7-12(15-3)16-13(17-14)9-19-4/h7,10-11H,5-6,8-9H2,1-4H3,(H,15,16,17). The summed E-state index contributed by atoms with van der Waals surface area (Å²) in [6.07, 6.45) is 1.25.